The van der Waals surface area contributed by atoms with Crippen LogP contribution in [0.2, 0.25) is 0 Å². The average Bonchev–Trinajstić information content (AvgIpc) is 3.05. The van der Waals surface area contributed by atoms with Gasteiger partial charge in [-0.1, -0.05) is 59.5 Å². The summed E-state index contributed by atoms with van der Waals surface area (Å²) in [4.78, 5) is 25.1. The van der Waals surface area contributed by atoms with Crippen LogP contribution in [-0.2, 0) is 14.3 Å². The molecule has 3 fully saturated rings. The van der Waals surface area contributed by atoms with Gasteiger partial charge in [-0.15, -0.1) is 0 Å². The fourth-order valence-electron chi connectivity index (χ4n) is 8.73. The molecule has 0 aromatic heterocycles. The lowest BCUT2D eigenvalue weighted by Crippen LogP contribution is -2.53. The van der Waals surface area contributed by atoms with E-state index in [2.05, 4.69) is 34.6 Å². The maximum atomic E-state index is 13.6. The summed E-state index contributed by atoms with van der Waals surface area (Å²) < 4.78 is 5.54. The largest absolute Gasteiger partial charge is 0.462 e. The number of fused-ring (bicyclic) bond motifs is 5. The van der Waals surface area contributed by atoms with Crippen LogP contribution in [-0.4, -0.2) is 17.9 Å². The highest BCUT2D eigenvalue weighted by atomic mass is 16.5. The molecule has 0 aromatic carbocycles. The molecule has 0 aliphatic heterocycles. The first-order valence-corrected chi connectivity index (χ1v) is 13.5. The van der Waals surface area contributed by atoms with Crippen molar-refractivity contribution >= 4 is 11.8 Å². The predicted octanol–water partition coefficient (Wildman–Crippen LogP) is 7.14. The molecule has 4 rings (SSSR count). The molecule has 3 saturated carbocycles. The van der Waals surface area contributed by atoms with Crippen molar-refractivity contribution in [3.05, 3.63) is 11.6 Å². The topological polar surface area (TPSA) is 43.4 Å². The van der Waals surface area contributed by atoms with Crippen LogP contribution in [0.4, 0.5) is 0 Å². The lowest BCUT2D eigenvalue weighted by atomic mass is 9.46. The molecule has 0 aromatic rings. The van der Waals surface area contributed by atoms with Crippen LogP contribution >= 0.6 is 0 Å². The number of ether oxygens (including phenoxy) is 1. The van der Waals surface area contributed by atoms with Crippen molar-refractivity contribution < 1.29 is 14.3 Å². The molecule has 0 bridgehead atoms. The number of allylic oxidation sites excluding steroid dienone is 1. The molecule has 1 unspecified atom stereocenters. The molecular formula is C29H46O3. The van der Waals surface area contributed by atoms with E-state index in [0.29, 0.717) is 23.0 Å². The second-order valence-electron chi connectivity index (χ2n) is 12.7. The van der Waals surface area contributed by atoms with Crippen LogP contribution in [0.25, 0.3) is 0 Å². The third-order valence-electron chi connectivity index (χ3n) is 10.4. The highest BCUT2D eigenvalue weighted by Gasteiger charge is 2.61. The van der Waals surface area contributed by atoms with Gasteiger partial charge in [0, 0.05) is 19.3 Å². The Morgan fingerprint density at radius 1 is 1.06 bits per heavy atom. The Bertz CT molecular complexity index is 766. The molecule has 0 N–H and O–H groups in total. The van der Waals surface area contributed by atoms with E-state index in [0.717, 1.165) is 37.0 Å². The van der Waals surface area contributed by atoms with Crippen molar-refractivity contribution in [3.8, 4) is 0 Å². The number of carbonyl (C=O) groups is 2. The molecule has 0 saturated heterocycles. The summed E-state index contributed by atoms with van der Waals surface area (Å²) in [6.45, 7) is 13.6. The monoisotopic (exact) mass is 442 g/mol. The molecule has 180 valence electrons. The lowest BCUT2D eigenvalue weighted by Gasteiger charge is -2.57. The third kappa shape index (κ3) is 4.11. The Balaban J connectivity index is 1.52. The van der Waals surface area contributed by atoms with Crippen LogP contribution in [0.5, 0.6) is 0 Å². The summed E-state index contributed by atoms with van der Waals surface area (Å²) in [6, 6.07) is 0. The summed E-state index contributed by atoms with van der Waals surface area (Å²) in [7, 11) is 0. The van der Waals surface area contributed by atoms with Gasteiger partial charge in [0.25, 0.3) is 0 Å². The summed E-state index contributed by atoms with van der Waals surface area (Å²) in [5, 5.41) is 0. The summed E-state index contributed by atoms with van der Waals surface area (Å²) in [6.07, 6.45) is 13.7. The molecule has 32 heavy (non-hydrogen) atoms. The van der Waals surface area contributed by atoms with Crippen LogP contribution in [0.3, 0.4) is 0 Å². The maximum absolute atomic E-state index is 13.6. The van der Waals surface area contributed by atoms with E-state index in [4.69, 9.17) is 4.74 Å². The van der Waals surface area contributed by atoms with Crippen molar-refractivity contribution in [2.24, 2.45) is 46.3 Å². The quantitative estimate of drug-likeness (QED) is 0.411. The van der Waals surface area contributed by atoms with E-state index in [1.165, 1.54) is 57.4 Å². The highest BCUT2D eigenvalue weighted by Crippen LogP contribution is 2.66. The van der Waals surface area contributed by atoms with Gasteiger partial charge in [0.2, 0.25) is 0 Å². The van der Waals surface area contributed by atoms with Crippen molar-refractivity contribution in [1.29, 1.82) is 0 Å². The van der Waals surface area contributed by atoms with Crippen LogP contribution in [0.15, 0.2) is 11.6 Å². The second kappa shape index (κ2) is 8.91. The first-order valence-electron chi connectivity index (χ1n) is 13.5. The predicted molar refractivity (Wildman–Crippen MR) is 129 cm³/mol. The van der Waals surface area contributed by atoms with Crippen LogP contribution < -0.4 is 0 Å². The van der Waals surface area contributed by atoms with Crippen molar-refractivity contribution in [2.45, 2.75) is 112 Å². The lowest BCUT2D eigenvalue weighted by molar-refractivity contribution is -0.149. The molecule has 3 nitrogen and oxygen atoms in total. The summed E-state index contributed by atoms with van der Waals surface area (Å²) in [5.74, 6) is 3.74. The SMILES string of the molecule is CC(=O)O[C@H]1CC[C@@]2(C)C(=CC(=O)[C@@H]3[C@@H]2CC[C@]2(C)C([C@H](C)CCCC(C)C)CC[C@@H]32)C1. The average molecular weight is 443 g/mol. The molecule has 3 heteroatoms. The molecule has 0 spiro atoms. The molecule has 4 aliphatic carbocycles. The second-order valence-corrected chi connectivity index (χ2v) is 12.7. The Hall–Kier alpha value is -1.12. The number of esters is 1. The minimum absolute atomic E-state index is 0.0485. The number of hydrogen-bond donors (Lipinski definition) is 0. The van der Waals surface area contributed by atoms with E-state index in [9.17, 15) is 9.59 Å². The number of carbonyl (C=O) groups excluding carboxylic acids is 2. The van der Waals surface area contributed by atoms with E-state index in [-0.39, 0.29) is 23.4 Å². The minimum atomic E-state index is -0.202. The molecule has 0 amide bonds. The van der Waals surface area contributed by atoms with Crippen molar-refractivity contribution in [3.63, 3.8) is 0 Å². The van der Waals surface area contributed by atoms with Crippen LogP contribution in [0, 0.1) is 46.3 Å². The van der Waals surface area contributed by atoms with Gasteiger partial charge in [0.15, 0.2) is 5.78 Å². The van der Waals surface area contributed by atoms with Gasteiger partial charge < -0.3 is 4.74 Å². The van der Waals surface area contributed by atoms with E-state index in [1.54, 1.807) is 0 Å². The number of hydrogen-bond acceptors (Lipinski definition) is 3. The van der Waals surface area contributed by atoms with Gasteiger partial charge in [0.1, 0.15) is 6.10 Å². The first kappa shape index (κ1) is 24.0. The van der Waals surface area contributed by atoms with Gasteiger partial charge >= 0.3 is 5.97 Å². The van der Waals surface area contributed by atoms with Gasteiger partial charge in [0.05, 0.1) is 0 Å². The fourth-order valence-corrected chi connectivity index (χ4v) is 8.73. The molecule has 8 atom stereocenters. The van der Waals surface area contributed by atoms with Crippen LogP contribution in [0.1, 0.15) is 106 Å². The fraction of sp³-hybridized carbons (Fsp3) is 0.862. The highest BCUT2D eigenvalue weighted by molar-refractivity contribution is 5.94. The maximum Gasteiger partial charge on any atom is 0.302 e. The zero-order valence-corrected chi connectivity index (χ0v) is 21.4. The van der Waals surface area contributed by atoms with Gasteiger partial charge in [-0.3, -0.25) is 9.59 Å². The molecular weight excluding hydrogens is 396 g/mol. The minimum Gasteiger partial charge on any atom is -0.462 e. The molecule has 0 radical (unpaired) electrons. The molecule has 4 aliphatic rings. The van der Waals surface area contributed by atoms with Gasteiger partial charge in [-0.05, 0) is 85.0 Å². The Kier molecular flexibility index (Phi) is 6.69. The van der Waals surface area contributed by atoms with E-state index in [1.807, 2.05) is 6.08 Å². The normalized spacial score (nSPS) is 42.0. The first-order chi connectivity index (χ1) is 15.1. The van der Waals surface area contributed by atoms with Gasteiger partial charge in [-0.2, -0.15) is 0 Å². The Morgan fingerprint density at radius 2 is 1.81 bits per heavy atom. The zero-order valence-electron chi connectivity index (χ0n) is 21.4. The molecule has 0 heterocycles. The number of rotatable bonds is 6. The van der Waals surface area contributed by atoms with E-state index >= 15 is 0 Å². The van der Waals surface area contributed by atoms with Gasteiger partial charge in [-0.25, -0.2) is 0 Å². The van der Waals surface area contributed by atoms with E-state index < -0.39 is 0 Å². The third-order valence-corrected chi connectivity index (χ3v) is 10.4. The smallest absolute Gasteiger partial charge is 0.302 e. The zero-order chi connectivity index (χ0) is 23.3. The van der Waals surface area contributed by atoms with Crippen molar-refractivity contribution in [1.82, 2.24) is 0 Å². The Labute approximate surface area is 196 Å². The van der Waals surface area contributed by atoms with Crippen molar-refractivity contribution in [2.75, 3.05) is 0 Å². The summed E-state index contributed by atoms with van der Waals surface area (Å²) >= 11 is 0. The standard InChI is InChI=1S/C29H46O3/c1-18(2)8-7-9-19(3)23-10-11-24-27-25(13-15-29(23,24)6)28(5)14-12-22(32-20(4)30)16-21(28)17-26(27)31/h17-19,22-25,27H,7-16H2,1-6H3/t19-,22+,23?,24+,25+,27+,28+,29-/m1/s1. The number of ketones is 1. The Morgan fingerprint density at radius 3 is 2.50 bits per heavy atom. The summed E-state index contributed by atoms with van der Waals surface area (Å²) in [5.41, 5.74) is 1.70.